The van der Waals surface area contributed by atoms with Crippen LogP contribution in [0.5, 0.6) is 5.75 Å². The minimum atomic E-state index is -3.55. The Morgan fingerprint density at radius 2 is 1.90 bits per heavy atom. The molecule has 0 saturated carbocycles. The highest BCUT2D eigenvalue weighted by atomic mass is 31.2. The van der Waals surface area contributed by atoms with Crippen molar-refractivity contribution in [3.8, 4) is 5.75 Å². The van der Waals surface area contributed by atoms with Crippen molar-refractivity contribution in [2.24, 2.45) is 0 Å². The normalized spacial score (nSPS) is 12.1. The molecule has 0 saturated heterocycles. The zero-order chi connectivity index (χ0) is 15.2. The van der Waals surface area contributed by atoms with Crippen molar-refractivity contribution in [2.45, 2.75) is 6.92 Å². The van der Waals surface area contributed by atoms with Crippen LogP contribution >= 0.6 is 7.60 Å². The first-order valence-electron chi connectivity index (χ1n) is 5.80. The average Bonchev–Trinajstić information content (AvgIpc) is 2.45. The highest BCUT2D eigenvalue weighted by Gasteiger charge is 2.28. The van der Waals surface area contributed by atoms with E-state index in [1.54, 1.807) is 31.4 Å². The van der Waals surface area contributed by atoms with Gasteiger partial charge in [0.2, 0.25) is 5.91 Å². The van der Waals surface area contributed by atoms with Gasteiger partial charge in [-0.2, -0.15) is 0 Å². The van der Waals surface area contributed by atoms with Gasteiger partial charge in [0.25, 0.3) is 0 Å². The van der Waals surface area contributed by atoms with Crippen molar-refractivity contribution in [1.82, 2.24) is 5.32 Å². The third-order valence-corrected chi connectivity index (χ3v) is 4.27. The maximum atomic E-state index is 12.4. The van der Waals surface area contributed by atoms with E-state index in [9.17, 15) is 9.36 Å². The SMILES string of the molecule is COc1cccc(/C=C(\NC(C)=O)P(=O)(OC)OC)c1. The number of methoxy groups -OCH3 is 1. The van der Waals surface area contributed by atoms with E-state index in [0.29, 0.717) is 11.3 Å². The van der Waals surface area contributed by atoms with Crippen molar-refractivity contribution in [1.29, 1.82) is 0 Å². The summed E-state index contributed by atoms with van der Waals surface area (Å²) in [6, 6.07) is 7.07. The lowest BCUT2D eigenvalue weighted by atomic mass is 10.2. The second-order valence-corrected chi connectivity index (χ2v) is 6.06. The van der Waals surface area contributed by atoms with Crippen LogP contribution in [0.3, 0.4) is 0 Å². The van der Waals surface area contributed by atoms with Crippen molar-refractivity contribution < 1.29 is 23.1 Å². The number of carbonyl (C=O) groups is 1. The molecule has 0 unspecified atom stereocenters. The number of amides is 1. The highest BCUT2D eigenvalue weighted by molar-refractivity contribution is 7.58. The first kappa shape index (κ1) is 16.4. The molecular formula is C13H18NO5P. The monoisotopic (exact) mass is 299 g/mol. The molecule has 1 aromatic carbocycles. The fourth-order valence-electron chi connectivity index (χ4n) is 1.52. The van der Waals surface area contributed by atoms with Crippen LogP contribution in [0, 0.1) is 0 Å². The van der Waals surface area contributed by atoms with Gasteiger partial charge in [-0.1, -0.05) is 12.1 Å². The minimum Gasteiger partial charge on any atom is -0.497 e. The van der Waals surface area contributed by atoms with E-state index >= 15 is 0 Å². The van der Waals surface area contributed by atoms with E-state index in [2.05, 4.69) is 5.32 Å². The van der Waals surface area contributed by atoms with Gasteiger partial charge in [0, 0.05) is 21.1 Å². The van der Waals surface area contributed by atoms with Crippen LogP contribution in [-0.4, -0.2) is 27.2 Å². The zero-order valence-corrected chi connectivity index (χ0v) is 12.8. The van der Waals surface area contributed by atoms with Crippen LogP contribution in [0.15, 0.2) is 29.7 Å². The van der Waals surface area contributed by atoms with Crippen molar-refractivity contribution in [2.75, 3.05) is 21.3 Å². The molecule has 6 nitrogen and oxygen atoms in total. The number of nitrogens with one attached hydrogen (secondary N) is 1. The summed E-state index contributed by atoms with van der Waals surface area (Å²) in [5.41, 5.74) is 0.769. The van der Waals surface area contributed by atoms with Crippen LogP contribution in [-0.2, 0) is 18.4 Å². The third-order valence-electron chi connectivity index (χ3n) is 2.48. The molecule has 0 heterocycles. The molecule has 0 aromatic heterocycles. The van der Waals surface area contributed by atoms with E-state index in [1.165, 1.54) is 27.2 Å². The number of ether oxygens (including phenoxy) is 1. The topological polar surface area (TPSA) is 73.9 Å². The minimum absolute atomic E-state index is 0.0725. The van der Waals surface area contributed by atoms with Crippen LogP contribution in [0.25, 0.3) is 6.08 Å². The van der Waals surface area contributed by atoms with E-state index in [-0.39, 0.29) is 11.3 Å². The van der Waals surface area contributed by atoms with E-state index < -0.39 is 7.60 Å². The summed E-state index contributed by atoms with van der Waals surface area (Å²) in [5, 5.41) is 2.48. The molecule has 1 rings (SSSR count). The predicted molar refractivity (Wildman–Crippen MR) is 76.4 cm³/mol. The third kappa shape index (κ3) is 4.20. The van der Waals surface area contributed by atoms with Crippen LogP contribution in [0.2, 0.25) is 0 Å². The van der Waals surface area contributed by atoms with Gasteiger partial charge in [-0.05, 0) is 23.8 Å². The largest absolute Gasteiger partial charge is 0.497 e. The second-order valence-electron chi connectivity index (χ2n) is 3.85. The lowest BCUT2D eigenvalue weighted by Crippen LogP contribution is -2.20. The summed E-state index contributed by atoms with van der Waals surface area (Å²) in [7, 11) is 0.513. The van der Waals surface area contributed by atoms with E-state index in [4.69, 9.17) is 13.8 Å². The molecule has 7 heteroatoms. The highest BCUT2D eigenvalue weighted by Crippen LogP contribution is 2.53. The number of benzene rings is 1. The number of hydrogen-bond donors (Lipinski definition) is 1. The molecular weight excluding hydrogens is 281 g/mol. The molecule has 0 aliphatic heterocycles. The molecule has 0 aliphatic carbocycles. The first-order valence-corrected chi connectivity index (χ1v) is 7.35. The van der Waals surface area contributed by atoms with E-state index in [0.717, 1.165) is 0 Å². The van der Waals surface area contributed by atoms with Crippen molar-refractivity contribution in [3.63, 3.8) is 0 Å². The fourth-order valence-corrected chi connectivity index (χ4v) is 2.67. The molecule has 0 fully saturated rings. The Kier molecular flexibility index (Phi) is 5.95. The van der Waals surface area contributed by atoms with Gasteiger partial charge in [-0.25, -0.2) is 0 Å². The Hall–Kier alpha value is -1.62. The summed E-state index contributed by atoms with van der Waals surface area (Å²) in [6.45, 7) is 1.31. The number of rotatable bonds is 6. The molecule has 1 amide bonds. The molecule has 0 spiro atoms. The van der Waals surface area contributed by atoms with E-state index in [1.807, 2.05) is 0 Å². The summed E-state index contributed by atoms with van der Waals surface area (Å²) in [6.07, 6.45) is 1.53. The standard InChI is InChI=1S/C13H18NO5P/c1-10(15)14-13(20(16,18-3)19-4)9-11-6-5-7-12(8-11)17-2/h5-9H,1-4H3,(H,14,15)/b13-9+. The molecule has 0 radical (unpaired) electrons. The number of hydrogen-bond acceptors (Lipinski definition) is 5. The van der Waals surface area contributed by atoms with Gasteiger partial charge in [0.15, 0.2) is 0 Å². The van der Waals surface area contributed by atoms with Gasteiger partial charge >= 0.3 is 7.60 Å². The Bertz CT molecular complexity index is 547. The number of carbonyl (C=O) groups excluding carboxylic acids is 1. The van der Waals surface area contributed by atoms with Gasteiger partial charge in [0.05, 0.1) is 7.11 Å². The molecule has 0 bridgehead atoms. The van der Waals surface area contributed by atoms with Crippen molar-refractivity contribution in [3.05, 3.63) is 35.3 Å². The van der Waals surface area contributed by atoms with Gasteiger partial charge in [-0.15, -0.1) is 0 Å². The van der Waals surface area contributed by atoms with Gasteiger partial charge < -0.3 is 19.1 Å². The van der Waals surface area contributed by atoms with Crippen LogP contribution in [0.4, 0.5) is 0 Å². The molecule has 110 valence electrons. The Balaban J connectivity index is 3.25. The Morgan fingerprint density at radius 3 is 2.40 bits per heavy atom. The van der Waals surface area contributed by atoms with Gasteiger partial charge in [0.1, 0.15) is 11.2 Å². The average molecular weight is 299 g/mol. The van der Waals surface area contributed by atoms with Crippen LogP contribution < -0.4 is 10.1 Å². The summed E-state index contributed by atoms with van der Waals surface area (Å²) >= 11 is 0. The molecule has 0 aliphatic rings. The molecule has 0 atom stereocenters. The lowest BCUT2D eigenvalue weighted by molar-refractivity contribution is -0.118. The van der Waals surface area contributed by atoms with Crippen molar-refractivity contribution >= 4 is 19.6 Å². The molecule has 20 heavy (non-hydrogen) atoms. The smallest absolute Gasteiger partial charge is 0.376 e. The van der Waals surface area contributed by atoms with Gasteiger partial charge in [-0.3, -0.25) is 9.36 Å². The zero-order valence-electron chi connectivity index (χ0n) is 11.9. The van der Waals surface area contributed by atoms with Crippen LogP contribution in [0.1, 0.15) is 12.5 Å². The Labute approximate surface area is 118 Å². The molecule has 1 aromatic rings. The first-order chi connectivity index (χ1) is 9.45. The second kappa shape index (κ2) is 7.24. The predicted octanol–water partition coefficient (Wildman–Crippen LogP) is 2.62. The maximum absolute atomic E-state index is 12.4. The quantitative estimate of drug-likeness (QED) is 0.817. The summed E-state index contributed by atoms with van der Waals surface area (Å²) in [5.74, 6) is 0.277. The fraction of sp³-hybridized carbons (Fsp3) is 0.308. The summed E-state index contributed by atoms with van der Waals surface area (Å²) < 4.78 is 27.3. The lowest BCUT2D eigenvalue weighted by Gasteiger charge is -2.17. The molecule has 1 N–H and O–H groups in total. The summed E-state index contributed by atoms with van der Waals surface area (Å²) in [4.78, 5) is 11.2. The maximum Gasteiger partial charge on any atom is 0.376 e. The Morgan fingerprint density at radius 1 is 1.25 bits per heavy atom.